The molecule has 1 unspecified atom stereocenters. The Balaban J connectivity index is 2.34. The van der Waals surface area contributed by atoms with Gasteiger partial charge >= 0.3 is 5.97 Å². The van der Waals surface area contributed by atoms with Crippen molar-refractivity contribution in [3.8, 4) is 0 Å². The lowest BCUT2D eigenvalue weighted by Gasteiger charge is -2.15. The fourth-order valence-electron chi connectivity index (χ4n) is 1.69. The maximum Gasteiger partial charge on any atom is 0.326 e. The molecule has 0 amide bonds. The summed E-state index contributed by atoms with van der Waals surface area (Å²) < 4.78 is 26.4. The van der Waals surface area contributed by atoms with Crippen molar-refractivity contribution in [2.24, 2.45) is 0 Å². The number of hydrogen-bond acceptors (Lipinski definition) is 4. The number of carbonyl (C=O) groups is 1. The molecule has 0 radical (unpaired) electrons. The second-order valence-electron chi connectivity index (χ2n) is 4.19. The normalized spacial score (nSPS) is 12.8. The summed E-state index contributed by atoms with van der Waals surface area (Å²) in [6.07, 6.45) is 1.01. The zero-order valence-electron chi connectivity index (χ0n) is 10.7. The molecule has 110 valence electrons. The van der Waals surface area contributed by atoms with Crippen molar-refractivity contribution in [1.82, 2.24) is 9.71 Å². The highest BCUT2D eigenvalue weighted by Crippen LogP contribution is 2.16. The highest BCUT2D eigenvalue weighted by molar-refractivity contribution is 7.89. The minimum absolute atomic E-state index is 0.218. The Morgan fingerprint density at radius 1 is 1.14 bits per heavy atom. The molecule has 0 aliphatic carbocycles. The maximum absolute atomic E-state index is 12.1. The van der Waals surface area contributed by atoms with Crippen molar-refractivity contribution in [2.45, 2.75) is 10.9 Å². The van der Waals surface area contributed by atoms with Gasteiger partial charge in [-0.1, -0.05) is 30.3 Å². The summed E-state index contributed by atoms with van der Waals surface area (Å²) in [6, 6.07) is 8.67. The number of benzene rings is 1. The van der Waals surface area contributed by atoms with Crippen molar-refractivity contribution in [3.05, 3.63) is 64.6 Å². The summed E-state index contributed by atoms with van der Waals surface area (Å²) >= 11 is 0. The van der Waals surface area contributed by atoms with Gasteiger partial charge in [0, 0.05) is 12.3 Å². The Morgan fingerprint density at radius 2 is 1.81 bits per heavy atom. The standard InChI is InChI=1S/C13H12N2O5S/c16-11-7-6-10(8-14-11)21(19,20)15-12(13(17)18)9-4-2-1-3-5-9/h1-8,12,15H,(H,14,16)(H,17,18). The zero-order chi connectivity index (χ0) is 15.5. The molecular weight excluding hydrogens is 296 g/mol. The number of carboxylic acids is 1. The minimum Gasteiger partial charge on any atom is -0.480 e. The topological polar surface area (TPSA) is 116 Å². The molecule has 7 nitrogen and oxygen atoms in total. The lowest BCUT2D eigenvalue weighted by atomic mass is 10.1. The monoisotopic (exact) mass is 308 g/mol. The van der Waals surface area contributed by atoms with Gasteiger partial charge < -0.3 is 10.1 Å². The van der Waals surface area contributed by atoms with E-state index in [1.165, 1.54) is 12.1 Å². The lowest BCUT2D eigenvalue weighted by Crippen LogP contribution is -2.34. The van der Waals surface area contributed by atoms with Crippen LogP contribution in [0.15, 0.2) is 58.4 Å². The van der Waals surface area contributed by atoms with Crippen LogP contribution in [0.5, 0.6) is 0 Å². The van der Waals surface area contributed by atoms with Gasteiger partial charge in [-0.25, -0.2) is 8.42 Å². The predicted molar refractivity (Wildman–Crippen MR) is 74.2 cm³/mol. The average molecular weight is 308 g/mol. The SMILES string of the molecule is O=C(O)C(NS(=O)(=O)c1ccc(=O)[nH]c1)c1ccccc1. The van der Waals surface area contributed by atoms with E-state index in [1.54, 1.807) is 18.2 Å². The highest BCUT2D eigenvalue weighted by atomic mass is 32.2. The Kier molecular flexibility index (Phi) is 4.20. The van der Waals surface area contributed by atoms with Gasteiger partial charge in [0.1, 0.15) is 6.04 Å². The molecule has 21 heavy (non-hydrogen) atoms. The van der Waals surface area contributed by atoms with Crippen LogP contribution in [0.2, 0.25) is 0 Å². The van der Waals surface area contributed by atoms with E-state index in [9.17, 15) is 23.1 Å². The van der Waals surface area contributed by atoms with Gasteiger partial charge in [0.2, 0.25) is 15.6 Å². The summed E-state index contributed by atoms with van der Waals surface area (Å²) in [5.41, 5.74) is -0.148. The number of aliphatic carboxylic acids is 1. The van der Waals surface area contributed by atoms with Crippen LogP contribution < -0.4 is 10.3 Å². The fraction of sp³-hybridized carbons (Fsp3) is 0.0769. The molecule has 2 rings (SSSR count). The van der Waals surface area contributed by atoms with Crippen LogP contribution in [-0.4, -0.2) is 24.5 Å². The summed E-state index contributed by atoms with van der Waals surface area (Å²) in [5.74, 6) is -1.32. The molecule has 8 heteroatoms. The van der Waals surface area contributed by atoms with Crippen molar-refractivity contribution < 1.29 is 18.3 Å². The van der Waals surface area contributed by atoms with Crippen molar-refractivity contribution in [1.29, 1.82) is 0 Å². The van der Waals surface area contributed by atoms with Crippen molar-refractivity contribution in [3.63, 3.8) is 0 Å². The van der Waals surface area contributed by atoms with Gasteiger partial charge in [0.15, 0.2) is 0 Å². The number of nitrogens with one attached hydrogen (secondary N) is 2. The molecule has 0 aliphatic heterocycles. The fourth-order valence-corrected chi connectivity index (χ4v) is 2.84. The van der Waals surface area contributed by atoms with Crippen LogP contribution >= 0.6 is 0 Å². The van der Waals surface area contributed by atoms with E-state index in [1.807, 2.05) is 0 Å². The number of sulfonamides is 1. The van der Waals surface area contributed by atoms with E-state index in [0.717, 1.165) is 18.3 Å². The molecule has 1 atom stereocenters. The summed E-state index contributed by atoms with van der Waals surface area (Å²) in [4.78, 5) is 24.2. The maximum atomic E-state index is 12.1. The first-order chi connectivity index (χ1) is 9.90. The lowest BCUT2D eigenvalue weighted by molar-refractivity contribution is -0.139. The molecule has 1 heterocycles. The summed E-state index contributed by atoms with van der Waals surface area (Å²) in [7, 11) is -4.07. The first-order valence-electron chi connectivity index (χ1n) is 5.89. The van der Waals surface area contributed by atoms with E-state index in [-0.39, 0.29) is 4.90 Å². The van der Waals surface area contributed by atoms with Gasteiger partial charge in [-0.3, -0.25) is 9.59 Å². The Hall–Kier alpha value is -2.45. The molecule has 3 N–H and O–H groups in total. The second-order valence-corrected chi connectivity index (χ2v) is 5.91. The Morgan fingerprint density at radius 3 is 2.33 bits per heavy atom. The molecule has 0 spiro atoms. The molecule has 0 aliphatic rings. The van der Waals surface area contributed by atoms with E-state index >= 15 is 0 Å². The van der Waals surface area contributed by atoms with E-state index < -0.39 is 27.6 Å². The molecule has 0 bridgehead atoms. The van der Waals surface area contributed by atoms with Crippen LogP contribution in [0.1, 0.15) is 11.6 Å². The largest absolute Gasteiger partial charge is 0.480 e. The molecule has 1 aromatic carbocycles. The third-order valence-corrected chi connectivity index (χ3v) is 4.14. The quantitative estimate of drug-likeness (QED) is 0.743. The van der Waals surface area contributed by atoms with Crippen LogP contribution in [0, 0.1) is 0 Å². The molecule has 0 saturated carbocycles. The number of aromatic amines is 1. The Labute approximate surface area is 120 Å². The summed E-state index contributed by atoms with van der Waals surface area (Å²) in [6.45, 7) is 0. The molecular formula is C13H12N2O5S. The summed E-state index contributed by atoms with van der Waals surface area (Å²) in [5, 5.41) is 9.20. The van der Waals surface area contributed by atoms with Gasteiger partial charge in [-0.15, -0.1) is 0 Å². The number of aromatic nitrogens is 1. The number of hydrogen-bond donors (Lipinski definition) is 3. The number of H-pyrrole nitrogens is 1. The van der Waals surface area contributed by atoms with Gasteiger partial charge in [-0.05, 0) is 11.6 Å². The molecule has 0 fully saturated rings. The van der Waals surface area contributed by atoms with Crippen molar-refractivity contribution in [2.75, 3.05) is 0 Å². The van der Waals surface area contributed by atoms with Crippen LogP contribution in [-0.2, 0) is 14.8 Å². The van der Waals surface area contributed by atoms with E-state index in [0.29, 0.717) is 5.56 Å². The first kappa shape index (κ1) is 14.9. The van der Waals surface area contributed by atoms with E-state index in [2.05, 4.69) is 9.71 Å². The number of pyridine rings is 1. The third kappa shape index (κ3) is 3.56. The first-order valence-corrected chi connectivity index (χ1v) is 7.37. The smallest absolute Gasteiger partial charge is 0.326 e. The third-order valence-electron chi connectivity index (χ3n) is 2.72. The molecule has 1 aromatic heterocycles. The molecule has 2 aromatic rings. The van der Waals surface area contributed by atoms with Crippen LogP contribution in [0.3, 0.4) is 0 Å². The second kappa shape index (κ2) is 5.90. The predicted octanol–water partition coefficient (Wildman–Crippen LogP) is 0.479. The number of rotatable bonds is 5. The van der Waals surface area contributed by atoms with Gasteiger partial charge in [-0.2, -0.15) is 4.72 Å². The van der Waals surface area contributed by atoms with Gasteiger partial charge in [0.25, 0.3) is 0 Å². The number of carboxylic acid groups (broad SMARTS) is 1. The zero-order valence-corrected chi connectivity index (χ0v) is 11.5. The van der Waals surface area contributed by atoms with Gasteiger partial charge in [0.05, 0.1) is 4.90 Å². The molecule has 0 saturated heterocycles. The van der Waals surface area contributed by atoms with Crippen LogP contribution in [0.4, 0.5) is 0 Å². The van der Waals surface area contributed by atoms with Crippen LogP contribution in [0.25, 0.3) is 0 Å². The Bertz CT molecular complexity index is 778. The highest BCUT2D eigenvalue weighted by Gasteiger charge is 2.26. The average Bonchev–Trinajstić information content (AvgIpc) is 2.46. The minimum atomic E-state index is -4.07. The van der Waals surface area contributed by atoms with E-state index in [4.69, 9.17) is 0 Å². The van der Waals surface area contributed by atoms with Crippen molar-refractivity contribution >= 4 is 16.0 Å².